The van der Waals surface area contributed by atoms with Gasteiger partial charge < -0.3 is 9.47 Å². The van der Waals surface area contributed by atoms with Crippen LogP contribution in [-0.2, 0) is 0 Å². The Morgan fingerprint density at radius 3 is 2.58 bits per heavy atom. The fourth-order valence-corrected chi connectivity index (χ4v) is 1.71. The highest BCUT2D eigenvalue weighted by atomic mass is 79.9. The van der Waals surface area contributed by atoms with Gasteiger partial charge in [-0.15, -0.1) is 13.2 Å². The lowest BCUT2D eigenvalue weighted by Crippen LogP contribution is -2.17. The zero-order valence-corrected chi connectivity index (χ0v) is 11.4. The third-order valence-corrected chi connectivity index (χ3v) is 2.70. The lowest BCUT2D eigenvalue weighted by atomic mass is 10.2. The van der Waals surface area contributed by atoms with Gasteiger partial charge >= 0.3 is 6.36 Å². The number of nitrogens with zero attached hydrogens (tertiary/aromatic N) is 1. The van der Waals surface area contributed by atoms with Crippen molar-refractivity contribution >= 4 is 15.9 Å². The number of ether oxygens (including phenoxy) is 2. The quantitative estimate of drug-likeness (QED) is 0.721. The molecule has 0 aliphatic carbocycles. The first kappa shape index (κ1) is 15.6. The molecule has 0 atom stereocenters. The zero-order valence-electron chi connectivity index (χ0n) is 9.84. The highest BCUT2D eigenvalue weighted by Crippen LogP contribution is 2.33. The van der Waals surface area contributed by atoms with Crippen molar-refractivity contribution in [3.8, 4) is 17.6 Å². The third-order valence-electron chi connectivity index (χ3n) is 2.08. The van der Waals surface area contributed by atoms with E-state index in [4.69, 9.17) is 10.00 Å². The Bertz CT molecular complexity index is 457. The fraction of sp³-hybridized carbons (Fsp3) is 0.417. The summed E-state index contributed by atoms with van der Waals surface area (Å²) in [5.41, 5.74) is 0. The van der Waals surface area contributed by atoms with E-state index in [1.165, 1.54) is 18.2 Å². The number of hydrogen-bond acceptors (Lipinski definition) is 3. The number of halogens is 4. The van der Waals surface area contributed by atoms with Gasteiger partial charge in [0.2, 0.25) is 0 Å². The molecule has 0 amide bonds. The Morgan fingerprint density at radius 1 is 1.26 bits per heavy atom. The molecule has 0 saturated heterocycles. The van der Waals surface area contributed by atoms with Crippen molar-refractivity contribution in [1.82, 2.24) is 0 Å². The van der Waals surface area contributed by atoms with E-state index in [1.54, 1.807) is 0 Å². The minimum Gasteiger partial charge on any atom is -0.494 e. The van der Waals surface area contributed by atoms with Gasteiger partial charge in [0.1, 0.15) is 11.5 Å². The molecule has 0 unspecified atom stereocenters. The first-order chi connectivity index (χ1) is 8.92. The second-order valence-corrected chi connectivity index (χ2v) is 4.46. The Labute approximate surface area is 117 Å². The molecule has 0 aliphatic rings. The average Bonchev–Trinajstić information content (AvgIpc) is 2.31. The van der Waals surface area contributed by atoms with E-state index in [0.717, 1.165) is 6.42 Å². The topological polar surface area (TPSA) is 42.2 Å². The van der Waals surface area contributed by atoms with Crippen LogP contribution in [0.5, 0.6) is 11.5 Å². The summed E-state index contributed by atoms with van der Waals surface area (Å²) in [7, 11) is 0. The molecule has 0 saturated carbocycles. The Balaban J connectivity index is 2.50. The largest absolute Gasteiger partial charge is 0.573 e. The van der Waals surface area contributed by atoms with Gasteiger partial charge in [-0.1, -0.05) is 0 Å². The SMILES string of the molecule is N#CCCCCOc1ccc(OC(F)(F)F)c(Br)c1. The Kier molecular flexibility index (Phi) is 5.96. The number of hydrogen-bond donors (Lipinski definition) is 0. The Morgan fingerprint density at radius 2 is 2.00 bits per heavy atom. The van der Waals surface area contributed by atoms with Crippen LogP contribution >= 0.6 is 15.9 Å². The summed E-state index contributed by atoms with van der Waals surface area (Å²) in [6.07, 6.45) is -2.81. The van der Waals surface area contributed by atoms with Crippen LogP contribution in [0.3, 0.4) is 0 Å². The molecule has 0 bridgehead atoms. The summed E-state index contributed by atoms with van der Waals surface area (Å²) in [6.45, 7) is 0.410. The summed E-state index contributed by atoms with van der Waals surface area (Å²) in [5.74, 6) is 0.127. The molecule has 1 aromatic rings. The van der Waals surface area contributed by atoms with Gasteiger partial charge in [-0.2, -0.15) is 5.26 Å². The minimum atomic E-state index is -4.72. The molecule has 7 heteroatoms. The van der Waals surface area contributed by atoms with E-state index in [2.05, 4.69) is 20.7 Å². The van der Waals surface area contributed by atoms with Crippen molar-refractivity contribution in [3.63, 3.8) is 0 Å². The molecule has 3 nitrogen and oxygen atoms in total. The van der Waals surface area contributed by atoms with E-state index in [-0.39, 0.29) is 10.2 Å². The molecular formula is C12H11BrF3NO2. The maximum atomic E-state index is 12.0. The van der Waals surface area contributed by atoms with Gasteiger partial charge in [-0.3, -0.25) is 0 Å². The summed E-state index contributed by atoms with van der Waals surface area (Å²) in [5, 5.41) is 8.34. The first-order valence-electron chi connectivity index (χ1n) is 5.47. The molecule has 0 N–H and O–H groups in total. The first-order valence-corrected chi connectivity index (χ1v) is 6.27. The van der Waals surface area contributed by atoms with Crippen LogP contribution in [0, 0.1) is 11.3 Å². The normalized spacial score (nSPS) is 10.9. The molecule has 0 aromatic heterocycles. The van der Waals surface area contributed by atoms with Crippen molar-refractivity contribution in [2.45, 2.75) is 25.6 Å². The standard InChI is InChI=1S/C12H11BrF3NO2/c13-10-8-9(18-7-3-1-2-6-17)4-5-11(10)19-12(14,15)16/h4-5,8H,1-3,7H2. The number of alkyl halides is 3. The lowest BCUT2D eigenvalue weighted by molar-refractivity contribution is -0.274. The molecule has 0 fully saturated rings. The third kappa shape index (κ3) is 6.34. The predicted octanol–water partition coefficient (Wildman–Crippen LogP) is 4.42. The lowest BCUT2D eigenvalue weighted by Gasteiger charge is -2.12. The summed E-state index contributed by atoms with van der Waals surface area (Å²) in [4.78, 5) is 0. The summed E-state index contributed by atoms with van der Waals surface area (Å²) in [6, 6.07) is 6.01. The summed E-state index contributed by atoms with van der Waals surface area (Å²) >= 11 is 2.99. The van der Waals surface area contributed by atoms with Crippen molar-refractivity contribution < 1.29 is 22.6 Å². The van der Waals surface area contributed by atoms with Gasteiger partial charge in [0.15, 0.2) is 0 Å². The van der Waals surface area contributed by atoms with E-state index in [9.17, 15) is 13.2 Å². The van der Waals surface area contributed by atoms with Gasteiger partial charge in [-0.05, 0) is 47.0 Å². The van der Waals surface area contributed by atoms with E-state index in [1.807, 2.05) is 6.07 Å². The molecule has 1 rings (SSSR count). The van der Waals surface area contributed by atoms with E-state index >= 15 is 0 Å². The van der Waals surface area contributed by atoms with Crippen LogP contribution in [0.15, 0.2) is 22.7 Å². The molecule has 104 valence electrons. The summed E-state index contributed by atoms with van der Waals surface area (Å²) < 4.78 is 45.4. The van der Waals surface area contributed by atoms with Crippen LogP contribution < -0.4 is 9.47 Å². The van der Waals surface area contributed by atoms with Crippen LogP contribution in [0.25, 0.3) is 0 Å². The van der Waals surface area contributed by atoms with Crippen LogP contribution in [0.4, 0.5) is 13.2 Å². The van der Waals surface area contributed by atoms with Crippen LogP contribution in [0.1, 0.15) is 19.3 Å². The maximum absolute atomic E-state index is 12.0. The second kappa shape index (κ2) is 7.24. The van der Waals surface area contributed by atoms with Gasteiger partial charge in [0, 0.05) is 6.42 Å². The van der Waals surface area contributed by atoms with Crippen molar-refractivity contribution in [2.75, 3.05) is 6.61 Å². The second-order valence-electron chi connectivity index (χ2n) is 3.60. The molecule has 1 aromatic carbocycles. The number of rotatable bonds is 6. The monoisotopic (exact) mass is 337 g/mol. The minimum absolute atomic E-state index is 0.166. The van der Waals surface area contributed by atoms with Gasteiger partial charge in [-0.25, -0.2) is 0 Å². The van der Waals surface area contributed by atoms with E-state index in [0.29, 0.717) is 25.2 Å². The van der Waals surface area contributed by atoms with Crippen molar-refractivity contribution in [2.24, 2.45) is 0 Å². The molecule has 0 aliphatic heterocycles. The van der Waals surface area contributed by atoms with Gasteiger partial charge in [0.05, 0.1) is 17.1 Å². The number of unbranched alkanes of at least 4 members (excludes halogenated alkanes) is 2. The van der Waals surface area contributed by atoms with Crippen LogP contribution in [0.2, 0.25) is 0 Å². The van der Waals surface area contributed by atoms with Crippen molar-refractivity contribution in [1.29, 1.82) is 5.26 Å². The molecule has 0 radical (unpaired) electrons. The molecular weight excluding hydrogens is 327 g/mol. The smallest absolute Gasteiger partial charge is 0.494 e. The maximum Gasteiger partial charge on any atom is 0.573 e. The number of nitriles is 1. The van der Waals surface area contributed by atoms with E-state index < -0.39 is 6.36 Å². The molecule has 0 heterocycles. The highest BCUT2D eigenvalue weighted by Gasteiger charge is 2.31. The van der Waals surface area contributed by atoms with Crippen LogP contribution in [-0.4, -0.2) is 13.0 Å². The zero-order chi connectivity index (χ0) is 14.3. The average molecular weight is 338 g/mol. The predicted molar refractivity (Wildman–Crippen MR) is 65.8 cm³/mol. The van der Waals surface area contributed by atoms with Gasteiger partial charge in [0.25, 0.3) is 0 Å². The molecule has 0 spiro atoms. The highest BCUT2D eigenvalue weighted by molar-refractivity contribution is 9.10. The Hall–Kier alpha value is -1.42. The van der Waals surface area contributed by atoms with Crippen molar-refractivity contribution in [3.05, 3.63) is 22.7 Å². The number of benzene rings is 1. The fourth-order valence-electron chi connectivity index (χ4n) is 1.27. The molecule has 19 heavy (non-hydrogen) atoms.